The molecule has 0 spiro atoms. The first-order valence-corrected chi connectivity index (χ1v) is 4.97. The van der Waals surface area contributed by atoms with Crippen molar-refractivity contribution in [2.45, 2.75) is 13.0 Å². The van der Waals surface area contributed by atoms with Crippen molar-refractivity contribution in [3.05, 3.63) is 12.7 Å². The Balaban J connectivity index is 1.77. The number of hydrogen-bond donors (Lipinski definition) is 1. The van der Waals surface area contributed by atoms with Crippen LogP contribution in [0.3, 0.4) is 0 Å². The van der Waals surface area contributed by atoms with E-state index in [1.165, 1.54) is 0 Å². The molecule has 0 aromatic carbocycles. The molecule has 2 rings (SSSR count). The van der Waals surface area contributed by atoms with Crippen LogP contribution in [0.2, 0.25) is 0 Å². The second-order valence-electron chi connectivity index (χ2n) is 3.99. The zero-order valence-electron chi connectivity index (χ0n) is 8.37. The van der Waals surface area contributed by atoms with Crippen LogP contribution in [0.1, 0.15) is 13.0 Å². The molecule has 2 heterocycles. The first kappa shape index (κ1) is 9.61. The quantitative estimate of drug-likeness (QED) is 0.722. The third-order valence-corrected chi connectivity index (χ3v) is 2.70. The van der Waals surface area contributed by atoms with Crippen molar-refractivity contribution in [1.29, 1.82) is 0 Å². The minimum Gasteiger partial charge on any atom is -0.396 e. The van der Waals surface area contributed by atoms with E-state index in [2.05, 4.69) is 21.9 Å². The maximum atomic E-state index is 8.87. The van der Waals surface area contributed by atoms with Gasteiger partial charge in [-0.05, 0) is 6.92 Å². The van der Waals surface area contributed by atoms with Crippen molar-refractivity contribution in [2.24, 2.45) is 5.92 Å². The minimum atomic E-state index is 0.314. The Morgan fingerprint density at radius 1 is 1.57 bits per heavy atom. The summed E-state index contributed by atoms with van der Waals surface area (Å²) in [5.74, 6) is 0.484. The molecule has 14 heavy (non-hydrogen) atoms. The summed E-state index contributed by atoms with van der Waals surface area (Å²) in [6.45, 7) is 5.44. The minimum absolute atomic E-state index is 0.314. The lowest BCUT2D eigenvalue weighted by Crippen LogP contribution is -2.49. The van der Waals surface area contributed by atoms with Crippen LogP contribution in [0.25, 0.3) is 0 Å². The van der Waals surface area contributed by atoms with Gasteiger partial charge in [-0.15, -0.1) is 0 Å². The maximum absolute atomic E-state index is 8.87. The molecule has 1 fully saturated rings. The molecule has 5 heteroatoms. The SMILES string of the molecule is CC(CN1CC(CO)C1)n1cncn1. The number of aliphatic hydroxyl groups excluding tert-OH is 1. The van der Waals surface area contributed by atoms with Crippen LogP contribution in [0, 0.1) is 5.92 Å². The molecule has 0 saturated carbocycles. The molecule has 1 aromatic heterocycles. The van der Waals surface area contributed by atoms with Crippen LogP contribution in [0.5, 0.6) is 0 Å². The fraction of sp³-hybridized carbons (Fsp3) is 0.778. The molecule has 0 radical (unpaired) electrons. The Hall–Kier alpha value is -0.940. The molecule has 0 amide bonds. The third kappa shape index (κ3) is 1.93. The van der Waals surface area contributed by atoms with Gasteiger partial charge in [0.05, 0.1) is 6.04 Å². The van der Waals surface area contributed by atoms with E-state index in [4.69, 9.17) is 5.11 Å². The van der Waals surface area contributed by atoms with E-state index in [1.54, 1.807) is 12.7 Å². The molecule has 1 saturated heterocycles. The van der Waals surface area contributed by atoms with E-state index >= 15 is 0 Å². The zero-order chi connectivity index (χ0) is 9.97. The van der Waals surface area contributed by atoms with Crippen LogP contribution in [0.4, 0.5) is 0 Å². The van der Waals surface area contributed by atoms with Gasteiger partial charge in [-0.1, -0.05) is 0 Å². The fourth-order valence-corrected chi connectivity index (χ4v) is 1.84. The summed E-state index contributed by atoms with van der Waals surface area (Å²) in [6, 6.07) is 0.358. The Morgan fingerprint density at radius 2 is 2.36 bits per heavy atom. The number of rotatable bonds is 4. The van der Waals surface area contributed by atoms with E-state index in [0.29, 0.717) is 18.6 Å². The Labute approximate surface area is 83.4 Å². The number of aliphatic hydroxyl groups is 1. The summed E-state index contributed by atoms with van der Waals surface area (Å²) < 4.78 is 1.87. The standard InChI is InChI=1S/C9H16N4O/c1-8(13-7-10-6-11-13)2-12-3-9(4-12)5-14/h6-9,14H,2-5H2,1H3. The van der Waals surface area contributed by atoms with Crippen molar-refractivity contribution in [3.8, 4) is 0 Å². The highest BCUT2D eigenvalue weighted by Crippen LogP contribution is 2.17. The summed E-state index contributed by atoms with van der Waals surface area (Å²) in [5.41, 5.74) is 0. The number of nitrogens with zero attached hydrogens (tertiary/aromatic N) is 4. The van der Waals surface area contributed by atoms with Crippen molar-refractivity contribution in [1.82, 2.24) is 19.7 Å². The Morgan fingerprint density at radius 3 is 2.93 bits per heavy atom. The summed E-state index contributed by atoms with van der Waals surface area (Å²) in [7, 11) is 0. The highest BCUT2D eigenvalue weighted by molar-refractivity contribution is 4.81. The molecule has 1 aromatic rings. The largest absolute Gasteiger partial charge is 0.396 e. The van der Waals surface area contributed by atoms with E-state index in [1.807, 2.05) is 4.68 Å². The van der Waals surface area contributed by atoms with Gasteiger partial charge < -0.3 is 10.0 Å². The molecule has 1 N–H and O–H groups in total. The lowest BCUT2D eigenvalue weighted by Gasteiger charge is -2.39. The van der Waals surface area contributed by atoms with Crippen LogP contribution in [-0.4, -0.2) is 51.0 Å². The van der Waals surface area contributed by atoms with Crippen molar-refractivity contribution in [2.75, 3.05) is 26.2 Å². The zero-order valence-corrected chi connectivity index (χ0v) is 8.37. The fourth-order valence-electron chi connectivity index (χ4n) is 1.84. The van der Waals surface area contributed by atoms with Crippen molar-refractivity contribution >= 4 is 0 Å². The molecule has 1 atom stereocenters. The normalized spacial score (nSPS) is 20.7. The summed E-state index contributed by atoms with van der Waals surface area (Å²) >= 11 is 0. The van der Waals surface area contributed by atoms with Gasteiger partial charge in [0.15, 0.2) is 0 Å². The average Bonchev–Trinajstić information content (AvgIpc) is 2.62. The van der Waals surface area contributed by atoms with Gasteiger partial charge in [-0.2, -0.15) is 5.10 Å². The highest BCUT2D eigenvalue weighted by atomic mass is 16.3. The van der Waals surface area contributed by atoms with Crippen molar-refractivity contribution in [3.63, 3.8) is 0 Å². The summed E-state index contributed by atoms with van der Waals surface area (Å²) in [5, 5.41) is 13.0. The molecule has 1 aliphatic rings. The topological polar surface area (TPSA) is 54.2 Å². The lowest BCUT2D eigenvalue weighted by molar-refractivity contribution is 0.0436. The second-order valence-corrected chi connectivity index (χ2v) is 3.99. The van der Waals surface area contributed by atoms with Crippen LogP contribution in [0.15, 0.2) is 12.7 Å². The summed E-state index contributed by atoms with van der Waals surface area (Å²) in [6.07, 6.45) is 3.30. The Bertz CT molecular complexity index is 268. The number of likely N-dealkylation sites (tertiary alicyclic amines) is 1. The predicted molar refractivity (Wildman–Crippen MR) is 51.7 cm³/mol. The number of aromatic nitrogens is 3. The lowest BCUT2D eigenvalue weighted by atomic mass is 10.0. The first-order valence-electron chi connectivity index (χ1n) is 4.97. The van der Waals surface area contributed by atoms with Gasteiger partial charge in [0.2, 0.25) is 0 Å². The monoisotopic (exact) mass is 196 g/mol. The first-order chi connectivity index (χ1) is 6.79. The van der Waals surface area contributed by atoms with Gasteiger partial charge in [0.25, 0.3) is 0 Å². The smallest absolute Gasteiger partial charge is 0.137 e. The molecule has 5 nitrogen and oxygen atoms in total. The Kier molecular flexibility index (Phi) is 2.79. The molecule has 78 valence electrons. The van der Waals surface area contributed by atoms with Gasteiger partial charge in [-0.25, -0.2) is 9.67 Å². The molecule has 1 unspecified atom stereocenters. The van der Waals surface area contributed by atoms with Gasteiger partial charge in [-0.3, -0.25) is 0 Å². The number of hydrogen-bond acceptors (Lipinski definition) is 4. The van der Waals surface area contributed by atoms with Crippen LogP contribution >= 0.6 is 0 Å². The van der Waals surface area contributed by atoms with Gasteiger partial charge in [0, 0.05) is 32.2 Å². The van der Waals surface area contributed by atoms with E-state index < -0.39 is 0 Å². The summed E-state index contributed by atoms with van der Waals surface area (Å²) in [4.78, 5) is 6.25. The van der Waals surface area contributed by atoms with E-state index in [9.17, 15) is 0 Å². The van der Waals surface area contributed by atoms with E-state index in [-0.39, 0.29) is 0 Å². The third-order valence-electron chi connectivity index (χ3n) is 2.70. The van der Waals surface area contributed by atoms with Gasteiger partial charge >= 0.3 is 0 Å². The maximum Gasteiger partial charge on any atom is 0.137 e. The molecular formula is C9H16N4O. The molecule has 1 aliphatic heterocycles. The van der Waals surface area contributed by atoms with E-state index in [0.717, 1.165) is 19.6 Å². The molecule has 0 aliphatic carbocycles. The average molecular weight is 196 g/mol. The molecular weight excluding hydrogens is 180 g/mol. The molecule has 0 bridgehead atoms. The van der Waals surface area contributed by atoms with Crippen LogP contribution < -0.4 is 0 Å². The predicted octanol–water partition coefficient (Wildman–Crippen LogP) is -0.237. The van der Waals surface area contributed by atoms with Crippen molar-refractivity contribution < 1.29 is 5.11 Å². The second kappa shape index (κ2) is 4.06. The van der Waals surface area contributed by atoms with Gasteiger partial charge in [0.1, 0.15) is 12.7 Å². The van der Waals surface area contributed by atoms with Crippen LogP contribution in [-0.2, 0) is 0 Å². The highest BCUT2D eigenvalue weighted by Gasteiger charge is 2.27.